The first kappa shape index (κ1) is 12.3. The maximum Gasteiger partial charge on any atom is 0.128 e. The summed E-state index contributed by atoms with van der Waals surface area (Å²) in [4.78, 5) is 4.46. The maximum absolute atomic E-state index is 4.46. The predicted octanol–water partition coefficient (Wildman–Crippen LogP) is 1.61. The molecule has 0 aliphatic carbocycles. The highest BCUT2D eigenvalue weighted by Crippen LogP contribution is 2.08. The Morgan fingerprint density at radius 2 is 1.94 bits per heavy atom. The van der Waals surface area contributed by atoms with E-state index in [2.05, 4.69) is 32.9 Å². The van der Waals surface area contributed by atoms with Crippen molar-refractivity contribution >= 4 is 11.6 Å². The molecule has 0 amide bonds. The van der Waals surface area contributed by atoms with Gasteiger partial charge in [-0.25, -0.2) is 4.98 Å². The molecule has 0 aliphatic rings. The summed E-state index contributed by atoms with van der Waals surface area (Å²) in [6.07, 6.45) is 4.60. The average Bonchev–Trinajstić information content (AvgIpc) is 2.90. The van der Waals surface area contributed by atoms with Crippen molar-refractivity contribution in [3.05, 3.63) is 30.6 Å². The standard InChI is InChI=1S/C12H18N6/c1-2-6-13-11-4-3-5-12(16-11)14-7-9-18-10-8-15-17-18/h3-5,8,10H,2,6-7,9H2,1H3,(H2,13,14,16). The van der Waals surface area contributed by atoms with E-state index in [0.29, 0.717) is 0 Å². The fourth-order valence-electron chi connectivity index (χ4n) is 1.54. The molecule has 0 saturated heterocycles. The second-order valence-electron chi connectivity index (χ2n) is 3.93. The van der Waals surface area contributed by atoms with E-state index in [4.69, 9.17) is 0 Å². The molecular formula is C12H18N6. The first-order valence-electron chi connectivity index (χ1n) is 6.17. The van der Waals surface area contributed by atoms with Crippen LogP contribution in [0.1, 0.15) is 13.3 Å². The molecule has 0 unspecified atom stereocenters. The van der Waals surface area contributed by atoms with Crippen molar-refractivity contribution < 1.29 is 0 Å². The third-order valence-electron chi connectivity index (χ3n) is 2.42. The van der Waals surface area contributed by atoms with Crippen molar-refractivity contribution in [2.24, 2.45) is 0 Å². The van der Waals surface area contributed by atoms with Crippen molar-refractivity contribution in [3.8, 4) is 0 Å². The summed E-state index contributed by atoms with van der Waals surface area (Å²) >= 11 is 0. The molecular weight excluding hydrogens is 228 g/mol. The number of aromatic nitrogens is 4. The van der Waals surface area contributed by atoms with Crippen LogP contribution in [-0.4, -0.2) is 33.1 Å². The van der Waals surface area contributed by atoms with Crippen LogP contribution in [0.3, 0.4) is 0 Å². The zero-order chi connectivity index (χ0) is 12.6. The van der Waals surface area contributed by atoms with Crippen molar-refractivity contribution in [1.82, 2.24) is 20.0 Å². The minimum absolute atomic E-state index is 0.771. The zero-order valence-corrected chi connectivity index (χ0v) is 10.5. The van der Waals surface area contributed by atoms with Crippen LogP contribution in [0, 0.1) is 0 Å². The molecule has 0 atom stereocenters. The monoisotopic (exact) mass is 246 g/mol. The zero-order valence-electron chi connectivity index (χ0n) is 10.5. The Morgan fingerprint density at radius 1 is 1.17 bits per heavy atom. The molecule has 18 heavy (non-hydrogen) atoms. The molecule has 0 aromatic carbocycles. The predicted molar refractivity (Wildman–Crippen MR) is 71.5 cm³/mol. The van der Waals surface area contributed by atoms with Gasteiger partial charge in [-0.05, 0) is 18.6 Å². The van der Waals surface area contributed by atoms with Gasteiger partial charge in [0.15, 0.2) is 0 Å². The Morgan fingerprint density at radius 3 is 2.61 bits per heavy atom. The summed E-state index contributed by atoms with van der Waals surface area (Å²) in [5.74, 6) is 1.78. The van der Waals surface area contributed by atoms with Crippen LogP contribution in [0.25, 0.3) is 0 Å². The fourth-order valence-corrected chi connectivity index (χ4v) is 1.54. The first-order valence-corrected chi connectivity index (χ1v) is 6.17. The second kappa shape index (κ2) is 6.58. The van der Waals surface area contributed by atoms with Crippen LogP contribution in [0.5, 0.6) is 0 Å². The van der Waals surface area contributed by atoms with Gasteiger partial charge in [0.2, 0.25) is 0 Å². The third-order valence-corrected chi connectivity index (χ3v) is 2.42. The second-order valence-corrected chi connectivity index (χ2v) is 3.93. The van der Waals surface area contributed by atoms with Gasteiger partial charge < -0.3 is 10.6 Å². The minimum atomic E-state index is 0.771. The molecule has 6 nitrogen and oxygen atoms in total. The van der Waals surface area contributed by atoms with Crippen LogP contribution in [-0.2, 0) is 6.54 Å². The highest BCUT2D eigenvalue weighted by molar-refractivity contribution is 5.44. The number of nitrogens with one attached hydrogen (secondary N) is 2. The number of nitrogens with zero attached hydrogens (tertiary/aromatic N) is 4. The summed E-state index contributed by atoms with van der Waals surface area (Å²) in [7, 11) is 0. The van der Waals surface area contributed by atoms with Gasteiger partial charge in [-0.1, -0.05) is 18.2 Å². The van der Waals surface area contributed by atoms with E-state index in [9.17, 15) is 0 Å². The average molecular weight is 246 g/mol. The van der Waals surface area contributed by atoms with E-state index in [0.717, 1.165) is 37.7 Å². The molecule has 0 fully saturated rings. The normalized spacial score (nSPS) is 10.3. The van der Waals surface area contributed by atoms with Gasteiger partial charge in [-0.15, -0.1) is 5.10 Å². The minimum Gasteiger partial charge on any atom is -0.370 e. The quantitative estimate of drug-likeness (QED) is 0.777. The first-order chi connectivity index (χ1) is 8.88. The SMILES string of the molecule is CCCNc1cccc(NCCn2ccnn2)n1. The number of anilines is 2. The molecule has 2 aromatic rings. The van der Waals surface area contributed by atoms with E-state index in [1.807, 2.05) is 24.4 Å². The van der Waals surface area contributed by atoms with Gasteiger partial charge >= 0.3 is 0 Å². The molecule has 0 bridgehead atoms. The summed E-state index contributed by atoms with van der Waals surface area (Å²) < 4.78 is 1.78. The van der Waals surface area contributed by atoms with Gasteiger partial charge in [-0.3, -0.25) is 4.68 Å². The maximum atomic E-state index is 4.46. The smallest absolute Gasteiger partial charge is 0.128 e. The molecule has 2 aromatic heterocycles. The van der Waals surface area contributed by atoms with E-state index < -0.39 is 0 Å². The third kappa shape index (κ3) is 3.73. The largest absolute Gasteiger partial charge is 0.370 e. The van der Waals surface area contributed by atoms with Crippen molar-refractivity contribution in [2.45, 2.75) is 19.9 Å². The summed E-state index contributed by atoms with van der Waals surface area (Å²) in [6.45, 7) is 4.62. The van der Waals surface area contributed by atoms with Gasteiger partial charge in [-0.2, -0.15) is 0 Å². The molecule has 0 radical (unpaired) electrons. The van der Waals surface area contributed by atoms with Crippen LogP contribution >= 0.6 is 0 Å². The van der Waals surface area contributed by atoms with Gasteiger partial charge in [0, 0.05) is 19.3 Å². The molecule has 2 heterocycles. The van der Waals surface area contributed by atoms with Crippen molar-refractivity contribution in [3.63, 3.8) is 0 Å². The van der Waals surface area contributed by atoms with Gasteiger partial charge in [0.1, 0.15) is 11.6 Å². The number of pyridine rings is 1. The molecule has 0 saturated carbocycles. The summed E-state index contributed by atoms with van der Waals surface area (Å²) in [5, 5.41) is 14.2. The number of rotatable bonds is 7. The Hall–Kier alpha value is -2.11. The van der Waals surface area contributed by atoms with E-state index in [-0.39, 0.29) is 0 Å². The lowest BCUT2D eigenvalue weighted by Crippen LogP contribution is -2.12. The Balaban J connectivity index is 1.81. The molecule has 96 valence electrons. The van der Waals surface area contributed by atoms with Crippen LogP contribution in [0.15, 0.2) is 30.6 Å². The Labute approximate surface area is 106 Å². The molecule has 2 N–H and O–H groups in total. The molecule has 6 heteroatoms. The van der Waals surface area contributed by atoms with Gasteiger partial charge in [0.05, 0.1) is 12.7 Å². The molecule has 0 spiro atoms. The molecule has 2 rings (SSSR count). The van der Waals surface area contributed by atoms with Crippen molar-refractivity contribution in [2.75, 3.05) is 23.7 Å². The van der Waals surface area contributed by atoms with E-state index in [1.165, 1.54) is 0 Å². The van der Waals surface area contributed by atoms with Crippen LogP contribution in [0.2, 0.25) is 0 Å². The Bertz CT molecular complexity index is 453. The van der Waals surface area contributed by atoms with E-state index in [1.54, 1.807) is 10.9 Å². The van der Waals surface area contributed by atoms with Crippen LogP contribution in [0.4, 0.5) is 11.6 Å². The van der Waals surface area contributed by atoms with Crippen LogP contribution < -0.4 is 10.6 Å². The highest BCUT2D eigenvalue weighted by atomic mass is 15.4. The number of hydrogen-bond acceptors (Lipinski definition) is 5. The lowest BCUT2D eigenvalue weighted by Gasteiger charge is -2.08. The van der Waals surface area contributed by atoms with Gasteiger partial charge in [0.25, 0.3) is 0 Å². The lowest BCUT2D eigenvalue weighted by atomic mass is 10.4. The molecule has 0 aliphatic heterocycles. The lowest BCUT2D eigenvalue weighted by molar-refractivity contribution is 0.608. The Kier molecular flexibility index (Phi) is 4.52. The van der Waals surface area contributed by atoms with E-state index >= 15 is 0 Å². The highest BCUT2D eigenvalue weighted by Gasteiger charge is 1.97. The summed E-state index contributed by atoms with van der Waals surface area (Å²) in [6, 6.07) is 5.92. The number of hydrogen-bond donors (Lipinski definition) is 2. The topological polar surface area (TPSA) is 67.7 Å². The van der Waals surface area contributed by atoms with Crippen molar-refractivity contribution in [1.29, 1.82) is 0 Å². The summed E-state index contributed by atoms with van der Waals surface area (Å²) in [5.41, 5.74) is 0. The fraction of sp³-hybridized carbons (Fsp3) is 0.417.